The number of thiazole rings is 1. The van der Waals surface area contributed by atoms with E-state index in [1.807, 2.05) is 37.3 Å². The Morgan fingerprint density at radius 3 is 2.67 bits per heavy atom. The van der Waals surface area contributed by atoms with Gasteiger partial charge in [0.15, 0.2) is 0 Å². The number of rotatable bonds is 6. The molecule has 6 heteroatoms. The minimum absolute atomic E-state index is 0.254. The van der Waals surface area contributed by atoms with E-state index in [1.54, 1.807) is 11.3 Å². The van der Waals surface area contributed by atoms with Gasteiger partial charge in [0.1, 0.15) is 6.10 Å². The Morgan fingerprint density at radius 2 is 1.96 bits per heavy atom. The smallest absolute Gasteiger partial charge is 0.336 e. The molecule has 1 aromatic heterocycles. The summed E-state index contributed by atoms with van der Waals surface area (Å²) >= 11 is 1.75. The molecule has 24 heavy (non-hydrogen) atoms. The molecule has 3 rings (SSSR count). The number of hydrogen-bond donors (Lipinski definition) is 2. The molecular weight excluding hydrogens is 322 g/mol. The van der Waals surface area contributed by atoms with Crippen molar-refractivity contribution in [1.29, 1.82) is 0 Å². The average Bonchev–Trinajstić information content (AvgIpc) is 3.01. The van der Waals surface area contributed by atoms with Gasteiger partial charge < -0.3 is 5.73 Å². The second-order valence-corrected chi connectivity index (χ2v) is 6.66. The summed E-state index contributed by atoms with van der Waals surface area (Å²) in [4.78, 5) is 20.5. The van der Waals surface area contributed by atoms with E-state index in [1.165, 1.54) is 10.3 Å². The Labute approximate surface area is 144 Å². The summed E-state index contributed by atoms with van der Waals surface area (Å²) in [6.07, 6.45) is 1.61. The number of carbonyl (C=O) groups is 1. The third kappa shape index (κ3) is 4.10. The van der Waals surface area contributed by atoms with Gasteiger partial charge >= 0.3 is 6.03 Å². The molecule has 5 nitrogen and oxygen atoms in total. The van der Waals surface area contributed by atoms with Crippen molar-refractivity contribution >= 4 is 27.6 Å². The zero-order chi connectivity index (χ0) is 16.9. The molecule has 0 aliphatic rings. The SMILES string of the molecule is CC(ONC(N)=O)c1ccc(CCc2nc3ccccc3s2)cc1. The molecule has 0 saturated carbocycles. The van der Waals surface area contributed by atoms with Crippen LogP contribution in [0.2, 0.25) is 0 Å². The van der Waals surface area contributed by atoms with Crippen molar-refractivity contribution in [3.63, 3.8) is 0 Å². The van der Waals surface area contributed by atoms with Gasteiger partial charge in [0.05, 0.1) is 15.2 Å². The van der Waals surface area contributed by atoms with Crippen LogP contribution >= 0.6 is 11.3 Å². The Morgan fingerprint density at radius 1 is 1.21 bits per heavy atom. The van der Waals surface area contributed by atoms with E-state index < -0.39 is 6.03 Å². The third-order valence-electron chi connectivity index (χ3n) is 3.75. The van der Waals surface area contributed by atoms with E-state index in [0.29, 0.717) is 0 Å². The van der Waals surface area contributed by atoms with Gasteiger partial charge in [0, 0.05) is 6.42 Å². The normalized spacial score (nSPS) is 12.2. The lowest BCUT2D eigenvalue weighted by Crippen LogP contribution is -2.30. The van der Waals surface area contributed by atoms with E-state index in [4.69, 9.17) is 10.6 Å². The van der Waals surface area contributed by atoms with Crippen LogP contribution < -0.4 is 11.2 Å². The van der Waals surface area contributed by atoms with Gasteiger partial charge in [-0.15, -0.1) is 11.3 Å². The first-order valence-corrected chi connectivity index (χ1v) is 8.58. The lowest BCUT2D eigenvalue weighted by Gasteiger charge is -2.12. The van der Waals surface area contributed by atoms with Crippen LogP contribution in [0, 0.1) is 0 Å². The van der Waals surface area contributed by atoms with Gasteiger partial charge in [-0.3, -0.25) is 4.84 Å². The molecule has 3 aromatic rings. The van der Waals surface area contributed by atoms with Gasteiger partial charge in [0.25, 0.3) is 0 Å². The first kappa shape index (κ1) is 16.4. The molecule has 1 unspecified atom stereocenters. The highest BCUT2D eigenvalue weighted by atomic mass is 32.1. The number of aromatic nitrogens is 1. The lowest BCUT2D eigenvalue weighted by molar-refractivity contribution is 0.00706. The van der Waals surface area contributed by atoms with Gasteiger partial charge in [-0.2, -0.15) is 0 Å². The number of nitrogens with one attached hydrogen (secondary N) is 1. The fourth-order valence-electron chi connectivity index (χ4n) is 2.45. The third-order valence-corrected chi connectivity index (χ3v) is 4.85. The van der Waals surface area contributed by atoms with E-state index in [2.05, 4.69) is 28.7 Å². The maximum atomic E-state index is 10.7. The van der Waals surface area contributed by atoms with Crippen LogP contribution in [-0.4, -0.2) is 11.0 Å². The molecule has 0 saturated heterocycles. The Hall–Kier alpha value is -2.44. The standard InChI is InChI=1S/C18H19N3O2S/c1-12(23-21-18(19)22)14-9-6-13(7-10-14)8-11-17-20-15-4-2-3-5-16(15)24-17/h2-7,9-10,12H,8,11H2,1H3,(H3,19,21,22). The minimum atomic E-state index is -0.700. The number of aryl methyl sites for hydroxylation is 2. The largest absolute Gasteiger partial charge is 0.350 e. The fourth-order valence-corrected chi connectivity index (χ4v) is 3.41. The van der Waals surface area contributed by atoms with Crippen molar-refractivity contribution in [2.24, 2.45) is 5.73 Å². The quantitative estimate of drug-likeness (QED) is 0.671. The summed E-state index contributed by atoms with van der Waals surface area (Å²) in [5.74, 6) is 0. The van der Waals surface area contributed by atoms with Crippen molar-refractivity contribution in [3.8, 4) is 0 Å². The number of para-hydroxylation sites is 1. The van der Waals surface area contributed by atoms with Crippen molar-refractivity contribution in [1.82, 2.24) is 10.5 Å². The summed E-state index contributed by atoms with van der Waals surface area (Å²) in [5.41, 5.74) is 10.4. The highest BCUT2D eigenvalue weighted by molar-refractivity contribution is 7.18. The van der Waals surface area contributed by atoms with E-state index in [-0.39, 0.29) is 6.10 Å². The maximum Gasteiger partial charge on any atom is 0.336 e. The molecule has 3 N–H and O–H groups in total. The molecule has 1 atom stereocenters. The van der Waals surface area contributed by atoms with Crippen LogP contribution in [0.5, 0.6) is 0 Å². The number of carbonyl (C=O) groups excluding carboxylic acids is 1. The predicted octanol–water partition coefficient (Wildman–Crippen LogP) is 3.74. The number of primary amides is 1. The predicted molar refractivity (Wildman–Crippen MR) is 95.7 cm³/mol. The van der Waals surface area contributed by atoms with E-state index >= 15 is 0 Å². The number of benzene rings is 2. The van der Waals surface area contributed by atoms with Gasteiger partial charge in [-0.1, -0.05) is 36.4 Å². The first-order chi connectivity index (χ1) is 11.6. The average molecular weight is 341 g/mol. The van der Waals surface area contributed by atoms with Crippen LogP contribution in [0.25, 0.3) is 10.2 Å². The summed E-state index contributed by atoms with van der Waals surface area (Å²) in [5, 5.41) is 1.16. The fraction of sp³-hybridized carbons (Fsp3) is 0.222. The van der Waals surface area contributed by atoms with Crippen LogP contribution in [0.15, 0.2) is 48.5 Å². The van der Waals surface area contributed by atoms with Crippen LogP contribution in [-0.2, 0) is 17.7 Å². The molecule has 0 bridgehead atoms. The molecule has 0 aliphatic heterocycles. The van der Waals surface area contributed by atoms with Gasteiger partial charge in [-0.25, -0.2) is 15.3 Å². The number of nitrogens with two attached hydrogens (primary N) is 1. The topological polar surface area (TPSA) is 77.2 Å². The van der Waals surface area contributed by atoms with Gasteiger partial charge in [-0.05, 0) is 36.6 Å². The number of hydrogen-bond acceptors (Lipinski definition) is 4. The summed E-state index contributed by atoms with van der Waals surface area (Å²) in [7, 11) is 0. The molecule has 2 amide bonds. The molecule has 1 heterocycles. The maximum absolute atomic E-state index is 10.7. The van der Waals surface area contributed by atoms with Gasteiger partial charge in [0.2, 0.25) is 0 Å². The van der Waals surface area contributed by atoms with Crippen molar-refractivity contribution in [2.75, 3.05) is 0 Å². The highest BCUT2D eigenvalue weighted by Crippen LogP contribution is 2.23. The van der Waals surface area contributed by atoms with Crippen LogP contribution in [0.3, 0.4) is 0 Å². The lowest BCUT2D eigenvalue weighted by atomic mass is 10.1. The zero-order valence-electron chi connectivity index (χ0n) is 13.4. The minimum Gasteiger partial charge on any atom is -0.350 e. The Bertz CT molecular complexity index is 797. The molecule has 0 radical (unpaired) electrons. The molecule has 0 spiro atoms. The van der Waals surface area contributed by atoms with Crippen LogP contribution in [0.1, 0.15) is 29.2 Å². The number of amides is 2. The molecule has 0 aliphatic carbocycles. The summed E-state index contributed by atoms with van der Waals surface area (Å²) in [6, 6.07) is 15.7. The second kappa shape index (κ2) is 7.42. The molecule has 0 fully saturated rings. The van der Waals surface area contributed by atoms with E-state index in [0.717, 1.165) is 28.9 Å². The highest BCUT2D eigenvalue weighted by Gasteiger charge is 2.08. The van der Waals surface area contributed by atoms with Crippen LogP contribution in [0.4, 0.5) is 4.79 Å². The van der Waals surface area contributed by atoms with Crippen molar-refractivity contribution in [3.05, 3.63) is 64.7 Å². The number of hydroxylamine groups is 1. The number of fused-ring (bicyclic) bond motifs is 1. The Kier molecular flexibility index (Phi) is 5.08. The molecule has 2 aromatic carbocycles. The molecule has 124 valence electrons. The molecular formula is C18H19N3O2S. The monoisotopic (exact) mass is 341 g/mol. The zero-order valence-corrected chi connectivity index (χ0v) is 14.2. The number of urea groups is 1. The van der Waals surface area contributed by atoms with E-state index in [9.17, 15) is 4.79 Å². The summed E-state index contributed by atoms with van der Waals surface area (Å²) in [6.45, 7) is 1.85. The van der Waals surface area contributed by atoms with Crippen molar-refractivity contribution < 1.29 is 9.63 Å². The summed E-state index contributed by atoms with van der Waals surface area (Å²) < 4.78 is 1.23. The first-order valence-electron chi connectivity index (χ1n) is 7.76. The van der Waals surface area contributed by atoms with Crippen molar-refractivity contribution in [2.45, 2.75) is 25.9 Å². The Balaban J connectivity index is 1.58. The second-order valence-electron chi connectivity index (χ2n) is 5.54. The number of nitrogens with zero attached hydrogens (tertiary/aromatic N) is 1.